The zero-order valence-electron chi connectivity index (χ0n) is 18.9. The summed E-state index contributed by atoms with van der Waals surface area (Å²) in [6, 6.07) is 8.69. The van der Waals surface area contributed by atoms with Gasteiger partial charge >= 0.3 is 0 Å². The average Bonchev–Trinajstić information content (AvgIpc) is 2.83. The molecule has 1 aromatic carbocycles. The first-order chi connectivity index (χ1) is 16.6. The predicted octanol–water partition coefficient (Wildman–Crippen LogP) is 2.60. The summed E-state index contributed by atoms with van der Waals surface area (Å²) in [4.78, 5) is 29.6. The third-order valence-corrected chi connectivity index (χ3v) is 7.32. The molecule has 35 heavy (non-hydrogen) atoms. The fourth-order valence-corrected chi connectivity index (χ4v) is 4.75. The number of hydrogen-bond acceptors (Lipinski definition) is 7. The van der Waals surface area contributed by atoms with Crippen molar-refractivity contribution in [3.05, 3.63) is 80.4 Å². The lowest BCUT2D eigenvalue weighted by Gasteiger charge is -2.18. The number of pyridine rings is 1. The maximum Gasteiger partial charge on any atom is 0.287 e. The van der Waals surface area contributed by atoms with Gasteiger partial charge in [0.05, 0.1) is 22.7 Å². The third kappa shape index (κ3) is 6.65. The molecule has 0 aliphatic carbocycles. The molecule has 1 atom stereocenters. The van der Waals surface area contributed by atoms with Crippen LogP contribution in [0.5, 0.6) is 0 Å². The van der Waals surface area contributed by atoms with E-state index in [2.05, 4.69) is 20.1 Å². The Labute approximate surface area is 212 Å². The lowest BCUT2D eigenvalue weighted by Crippen LogP contribution is -2.37. The highest BCUT2D eigenvalue weighted by atomic mass is 35.5. The normalized spacial score (nSPS) is 12.3. The lowest BCUT2D eigenvalue weighted by molar-refractivity contribution is -0.121. The largest absolute Gasteiger partial charge is 0.382 e. The molecule has 0 aliphatic rings. The van der Waals surface area contributed by atoms with E-state index in [1.54, 1.807) is 37.4 Å². The molecular formula is C22H23Cl2N5O5S. The molecule has 0 saturated heterocycles. The van der Waals surface area contributed by atoms with Gasteiger partial charge in [0.15, 0.2) is 6.04 Å². The molecule has 2 aromatic heterocycles. The number of methoxy groups -OCH3 is 1. The minimum atomic E-state index is -3.87. The Morgan fingerprint density at radius 2 is 2.00 bits per heavy atom. The number of hydrogen-bond donors (Lipinski definition) is 2. The zero-order valence-corrected chi connectivity index (χ0v) is 21.2. The molecule has 1 amide bonds. The first-order valence-corrected chi connectivity index (χ1v) is 12.6. The van der Waals surface area contributed by atoms with Gasteiger partial charge in [0.25, 0.3) is 11.5 Å². The monoisotopic (exact) mass is 539 g/mol. The van der Waals surface area contributed by atoms with E-state index in [0.29, 0.717) is 12.0 Å². The summed E-state index contributed by atoms with van der Waals surface area (Å²) in [5.41, 5.74) is 0.688. The van der Waals surface area contributed by atoms with E-state index >= 15 is 0 Å². The van der Waals surface area contributed by atoms with Gasteiger partial charge in [-0.15, -0.1) is 0 Å². The van der Waals surface area contributed by atoms with E-state index in [1.807, 2.05) is 6.07 Å². The van der Waals surface area contributed by atoms with Crippen LogP contribution in [0, 0.1) is 6.92 Å². The van der Waals surface area contributed by atoms with Gasteiger partial charge in [-0.1, -0.05) is 35.3 Å². The molecule has 1 unspecified atom stereocenters. The summed E-state index contributed by atoms with van der Waals surface area (Å²) in [7, 11) is -2.52. The number of ether oxygens (including phenoxy) is 1. The molecule has 3 aromatic rings. The van der Waals surface area contributed by atoms with E-state index in [4.69, 9.17) is 27.9 Å². The van der Waals surface area contributed by atoms with Crippen molar-refractivity contribution in [1.82, 2.24) is 19.5 Å². The van der Waals surface area contributed by atoms with Crippen LogP contribution in [0.15, 0.2) is 58.5 Å². The number of carbonyl (C=O) groups excluding carboxylic acids is 1. The highest BCUT2D eigenvalue weighted by Gasteiger charge is 2.25. The van der Waals surface area contributed by atoms with Crippen LogP contribution in [-0.4, -0.2) is 49.4 Å². The van der Waals surface area contributed by atoms with Crippen molar-refractivity contribution in [3.63, 3.8) is 0 Å². The Hall–Kier alpha value is -2.83. The Morgan fingerprint density at radius 3 is 2.69 bits per heavy atom. The fourth-order valence-electron chi connectivity index (χ4n) is 3.19. The quantitative estimate of drug-likeness (QED) is 0.404. The van der Waals surface area contributed by atoms with Gasteiger partial charge in [-0.3, -0.25) is 14.6 Å². The highest BCUT2D eigenvalue weighted by Crippen LogP contribution is 2.22. The number of nitrogens with zero attached hydrogens (tertiary/aromatic N) is 3. The Balaban J connectivity index is 1.79. The van der Waals surface area contributed by atoms with Crippen LogP contribution < -0.4 is 15.6 Å². The fraction of sp³-hybridized carbons (Fsp3) is 0.273. The highest BCUT2D eigenvalue weighted by molar-refractivity contribution is 7.89. The second-order valence-electron chi connectivity index (χ2n) is 7.47. The Morgan fingerprint density at radius 1 is 1.23 bits per heavy atom. The third-order valence-electron chi connectivity index (χ3n) is 4.97. The molecule has 0 aliphatic heterocycles. The number of aromatic nitrogens is 3. The van der Waals surface area contributed by atoms with Gasteiger partial charge in [0.2, 0.25) is 10.0 Å². The number of halogens is 2. The summed E-state index contributed by atoms with van der Waals surface area (Å²) in [6.07, 6.45) is 3.20. The SMILES string of the molecule is COCC(C(=O)Nc1ccc(C)c(S(=O)(=O)NCCc2ccccn2)c1)n1ncc(Cl)c(Cl)c1=O. The number of benzene rings is 1. The second-order valence-corrected chi connectivity index (χ2v) is 9.99. The average molecular weight is 540 g/mol. The van der Waals surface area contributed by atoms with Gasteiger partial charge in [-0.2, -0.15) is 5.10 Å². The van der Waals surface area contributed by atoms with Crippen molar-refractivity contribution in [2.24, 2.45) is 0 Å². The van der Waals surface area contributed by atoms with Gasteiger partial charge in [-0.05, 0) is 36.8 Å². The van der Waals surface area contributed by atoms with E-state index < -0.39 is 27.5 Å². The molecule has 0 radical (unpaired) electrons. The smallest absolute Gasteiger partial charge is 0.287 e. The van der Waals surface area contributed by atoms with Crippen LogP contribution in [0.4, 0.5) is 5.69 Å². The first kappa shape index (κ1) is 26.8. The van der Waals surface area contributed by atoms with Crippen molar-refractivity contribution in [1.29, 1.82) is 0 Å². The molecule has 13 heteroatoms. The second kappa shape index (κ2) is 11.7. The minimum absolute atomic E-state index is 0.00411. The number of sulfonamides is 1. The molecule has 186 valence electrons. The van der Waals surface area contributed by atoms with E-state index in [1.165, 1.54) is 13.2 Å². The molecule has 0 fully saturated rings. The van der Waals surface area contributed by atoms with Crippen molar-refractivity contribution in [2.45, 2.75) is 24.3 Å². The van der Waals surface area contributed by atoms with Crippen LogP contribution in [0.25, 0.3) is 0 Å². The summed E-state index contributed by atoms with van der Waals surface area (Å²) in [6.45, 7) is 1.60. The molecule has 0 saturated carbocycles. The maximum atomic E-state index is 13.0. The van der Waals surface area contributed by atoms with Crippen molar-refractivity contribution >= 4 is 44.8 Å². The van der Waals surface area contributed by atoms with Gasteiger partial charge in [-0.25, -0.2) is 17.8 Å². The topological polar surface area (TPSA) is 132 Å². The van der Waals surface area contributed by atoms with Gasteiger partial charge in [0, 0.05) is 37.7 Å². The number of anilines is 1. The Bertz CT molecular complexity index is 1370. The molecule has 2 N–H and O–H groups in total. The van der Waals surface area contributed by atoms with Crippen LogP contribution >= 0.6 is 23.2 Å². The van der Waals surface area contributed by atoms with Crippen molar-refractivity contribution < 1.29 is 17.9 Å². The number of rotatable bonds is 10. The first-order valence-electron chi connectivity index (χ1n) is 10.4. The number of carbonyl (C=O) groups is 1. The summed E-state index contributed by atoms with van der Waals surface area (Å²) < 4.78 is 34.3. The minimum Gasteiger partial charge on any atom is -0.382 e. The molecule has 0 spiro atoms. The van der Waals surface area contributed by atoms with Crippen LogP contribution in [0.1, 0.15) is 17.3 Å². The van der Waals surface area contributed by atoms with Crippen molar-refractivity contribution in [2.75, 3.05) is 25.6 Å². The number of nitrogens with one attached hydrogen (secondary N) is 2. The van der Waals surface area contributed by atoms with Crippen LogP contribution in [0.3, 0.4) is 0 Å². The van der Waals surface area contributed by atoms with Crippen molar-refractivity contribution in [3.8, 4) is 0 Å². The van der Waals surface area contributed by atoms with E-state index in [0.717, 1.165) is 16.6 Å². The molecular weight excluding hydrogens is 517 g/mol. The van der Waals surface area contributed by atoms with Crippen LogP contribution in [0.2, 0.25) is 10.0 Å². The maximum absolute atomic E-state index is 13.0. The number of amides is 1. The summed E-state index contributed by atoms with van der Waals surface area (Å²) in [5.74, 6) is -0.657. The molecule has 2 heterocycles. The van der Waals surface area contributed by atoms with Gasteiger partial charge in [0.1, 0.15) is 5.02 Å². The standard InChI is InChI=1S/C22H23Cl2N5O5S/c1-14-6-7-16(11-19(14)35(32,33)27-10-8-15-5-3-4-9-25-15)28-21(30)18(13-34-2)29-22(31)20(24)17(23)12-26-29/h3-7,9,11-12,18,27H,8,10,13H2,1-2H3,(H,28,30). The number of aryl methyl sites for hydroxylation is 1. The summed E-state index contributed by atoms with van der Waals surface area (Å²) in [5, 5.41) is 6.17. The summed E-state index contributed by atoms with van der Waals surface area (Å²) >= 11 is 11.7. The van der Waals surface area contributed by atoms with Gasteiger partial charge < -0.3 is 10.1 Å². The zero-order chi connectivity index (χ0) is 25.6. The predicted molar refractivity (Wildman–Crippen MR) is 132 cm³/mol. The van der Waals surface area contributed by atoms with E-state index in [9.17, 15) is 18.0 Å². The Kier molecular flexibility index (Phi) is 8.98. The molecule has 0 bridgehead atoms. The molecule has 3 rings (SSSR count). The van der Waals surface area contributed by atoms with Crippen LogP contribution in [-0.2, 0) is 26.0 Å². The molecule has 10 nitrogen and oxygen atoms in total. The lowest BCUT2D eigenvalue weighted by atomic mass is 10.2. The van der Waals surface area contributed by atoms with E-state index in [-0.39, 0.29) is 33.8 Å².